The van der Waals surface area contributed by atoms with E-state index in [2.05, 4.69) is 44.1 Å². The van der Waals surface area contributed by atoms with Crippen LogP contribution in [-0.2, 0) is 0 Å². The van der Waals surface area contributed by atoms with E-state index >= 15 is 0 Å². The van der Waals surface area contributed by atoms with Crippen LogP contribution in [0.3, 0.4) is 0 Å². The summed E-state index contributed by atoms with van der Waals surface area (Å²) >= 11 is 6.97. The van der Waals surface area contributed by atoms with Crippen LogP contribution in [-0.4, -0.2) is 23.2 Å². The highest BCUT2D eigenvalue weighted by Gasteiger charge is 2.01. The van der Waals surface area contributed by atoms with Crippen molar-refractivity contribution in [3.05, 3.63) is 0 Å². The maximum Gasteiger partial charge on any atom is 0.0890 e. The predicted octanol–water partition coefficient (Wildman–Crippen LogP) is 1.51. The number of halogens is 2. The minimum absolute atomic E-state index is 0.629. The number of nitrogens with two attached hydrogens (primary N) is 1. The maximum absolute atomic E-state index is 3.55. The zero-order chi connectivity index (χ0) is 7.82. The Kier molecular flexibility index (Phi) is 8.76. The minimum atomic E-state index is 0.629. The molecule has 0 rings (SSSR count). The Morgan fingerprint density at radius 3 is 2.70 bits per heavy atom. The first-order chi connectivity index (χ1) is 4.81. The molecule has 0 saturated heterocycles. The van der Waals surface area contributed by atoms with Crippen LogP contribution in [0.25, 0.3) is 0 Å². The first kappa shape index (κ1) is 10.9. The summed E-state index contributed by atoms with van der Waals surface area (Å²) in [5.74, 6) is 0. The highest BCUT2D eigenvalue weighted by molar-refractivity contribution is 9.12. The summed E-state index contributed by atoms with van der Waals surface area (Å²) in [5, 5.41) is 3.42. The lowest BCUT2D eigenvalue weighted by Gasteiger charge is -2.03. The highest BCUT2D eigenvalue weighted by atomic mass is 79.9. The summed E-state index contributed by atoms with van der Waals surface area (Å²) in [7, 11) is 0. The van der Waals surface area contributed by atoms with Gasteiger partial charge in [-0.3, -0.25) is 0 Å². The van der Waals surface area contributed by atoms with Gasteiger partial charge in [-0.1, -0.05) is 45.2 Å². The molecule has 0 fully saturated rings. The van der Waals surface area contributed by atoms with Crippen molar-refractivity contribution in [2.75, 3.05) is 18.4 Å². The van der Waals surface area contributed by atoms with Crippen molar-refractivity contribution >= 4 is 31.9 Å². The van der Waals surface area contributed by atoms with Crippen LogP contribution >= 0.6 is 31.9 Å². The lowest BCUT2D eigenvalue weighted by molar-refractivity contribution is -0.653. The van der Waals surface area contributed by atoms with Gasteiger partial charge in [-0.05, 0) is 6.42 Å². The van der Waals surface area contributed by atoms with Crippen molar-refractivity contribution in [3.8, 4) is 0 Å². The van der Waals surface area contributed by atoms with Gasteiger partial charge in [0.05, 0.1) is 17.9 Å². The molecule has 0 aromatic carbocycles. The molecule has 3 heteroatoms. The lowest BCUT2D eigenvalue weighted by Crippen LogP contribution is -2.86. The second-order valence-corrected chi connectivity index (χ2v) is 4.36. The predicted molar refractivity (Wildman–Crippen MR) is 53.1 cm³/mol. The molecule has 2 N–H and O–H groups in total. The molecule has 0 unspecified atom stereocenters. The third-order valence-corrected chi connectivity index (χ3v) is 3.70. The van der Waals surface area contributed by atoms with Crippen LogP contribution in [0.1, 0.15) is 19.8 Å². The molecule has 10 heavy (non-hydrogen) atoms. The first-order valence-electron chi connectivity index (χ1n) is 3.83. The van der Waals surface area contributed by atoms with Crippen LogP contribution in [0.5, 0.6) is 0 Å². The van der Waals surface area contributed by atoms with E-state index in [9.17, 15) is 0 Å². The van der Waals surface area contributed by atoms with Gasteiger partial charge in [0.2, 0.25) is 0 Å². The van der Waals surface area contributed by atoms with E-state index in [1.54, 1.807) is 0 Å². The Morgan fingerprint density at radius 2 is 2.20 bits per heavy atom. The molecule has 0 amide bonds. The van der Waals surface area contributed by atoms with E-state index in [1.165, 1.54) is 25.9 Å². The summed E-state index contributed by atoms with van der Waals surface area (Å²) in [4.78, 5) is 0.629. The van der Waals surface area contributed by atoms with E-state index in [4.69, 9.17) is 0 Å². The molecule has 0 aromatic heterocycles. The molecular weight excluding hydrogens is 258 g/mol. The second-order valence-electron chi connectivity index (χ2n) is 2.42. The fraction of sp³-hybridized carbons (Fsp3) is 1.00. The fourth-order valence-corrected chi connectivity index (χ4v) is 1.24. The van der Waals surface area contributed by atoms with Gasteiger partial charge in [0.1, 0.15) is 0 Å². The Labute approximate surface area is 80.2 Å². The molecule has 0 bridgehead atoms. The molecule has 0 aliphatic carbocycles. The largest absolute Gasteiger partial charge is 0.345 e. The van der Waals surface area contributed by atoms with E-state index in [1.807, 2.05) is 0 Å². The topological polar surface area (TPSA) is 16.6 Å². The van der Waals surface area contributed by atoms with Gasteiger partial charge in [-0.15, -0.1) is 0 Å². The molecule has 0 spiro atoms. The zero-order valence-electron chi connectivity index (χ0n) is 6.45. The average molecular weight is 274 g/mol. The summed E-state index contributed by atoms with van der Waals surface area (Å²) < 4.78 is 0. The number of unbranched alkanes of at least 4 members (excludes halogenated alkanes) is 1. The quantitative estimate of drug-likeness (QED) is 0.558. The Balaban J connectivity index is 2.89. The third-order valence-electron chi connectivity index (χ3n) is 1.35. The standard InChI is InChI=1S/C7H15Br2N/c1-2-3-4-10-6-7(9)5-8/h7,10H,2-6H2,1H3/p+1/t7-/m0/s1. The van der Waals surface area contributed by atoms with Gasteiger partial charge in [0.25, 0.3) is 0 Å². The van der Waals surface area contributed by atoms with Crippen molar-refractivity contribution in [1.29, 1.82) is 0 Å². The van der Waals surface area contributed by atoms with E-state index in [0.717, 1.165) is 5.33 Å². The number of rotatable bonds is 6. The molecule has 0 aromatic rings. The van der Waals surface area contributed by atoms with Crippen molar-refractivity contribution in [2.24, 2.45) is 0 Å². The molecular formula is C7H16Br2N+. The van der Waals surface area contributed by atoms with Gasteiger partial charge in [0.15, 0.2) is 0 Å². The minimum Gasteiger partial charge on any atom is -0.345 e. The van der Waals surface area contributed by atoms with Gasteiger partial charge >= 0.3 is 0 Å². The molecule has 0 saturated carbocycles. The van der Waals surface area contributed by atoms with E-state index in [0.29, 0.717) is 4.83 Å². The van der Waals surface area contributed by atoms with E-state index < -0.39 is 0 Å². The molecule has 0 radical (unpaired) electrons. The van der Waals surface area contributed by atoms with Crippen molar-refractivity contribution < 1.29 is 5.32 Å². The van der Waals surface area contributed by atoms with Crippen molar-refractivity contribution in [2.45, 2.75) is 24.6 Å². The monoisotopic (exact) mass is 272 g/mol. The van der Waals surface area contributed by atoms with Crippen LogP contribution in [0.15, 0.2) is 0 Å². The van der Waals surface area contributed by atoms with Gasteiger partial charge < -0.3 is 5.32 Å². The first-order valence-corrected chi connectivity index (χ1v) is 5.86. The van der Waals surface area contributed by atoms with Crippen molar-refractivity contribution in [3.63, 3.8) is 0 Å². The van der Waals surface area contributed by atoms with Crippen molar-refractivity contribution in [1.82, 2.24) is 0 Å². The summed E-state index contributed by atoms with van der Waals surface area (Å²) in [6.07, 6.45) is 2.64. The SMILES string of the molecule is CCCC[NH2+]C[C@@H](Br)CBr. The molecule has 62 valence electrons. The number of hydrogen-bond acceptors (Lipinski definition) is 0. The maximum atomic E-state index is 3.55. The third kappa shape index (κ3) is 7.03. The van der Waals surface area contributed by atoms with Gasteiger partial charge in [-0.2, -0.15) is 0 Å². The highest BCUT2D eigenvalue weighted by Crippen LogP contribution is 1.98. The Hall–Kier alpha value is 0.920. The van der Waals surface area contributed by atoms with Crippen LogP contribution in [0.4, 0.5) is 0 Å². The van der Waals surface area contributed by atoms with Crippen LogP contribution in [0, 0.1) is 0 Å². The zero-order valence-corrected chi connectivity index (χ0v) is 9.62. The van der Waals surface area contributed by atoms with Gasteiger partial charge in [-0.25, -0.2) is 0 Å². The average Bonchev–Trinajstić information content (AvgIpc) is 1.98. The smallest absolute Gasteiger partial charge is 0.0890 e. The van der Waals surface area contributed by atoms with E-state index in [-0.39, 0.29) is 0 Å². The summed E-state index contributed by atoms with van der Waals surface area (Å²) in [5.41, 5.74) is 0. The molecule has 1 nitrogen and oxygen atoms in total. The second kappa shape index (κ2) is 8.02. The summed E-state index contributed by atoms with van der Waals surface area (Å²) in [6, 6.07) is 0. The lowest BCUT2D eigenvalue weighted by atomic mass is 10.3. The molecule has 0 aliphatic heterocycles. The van der Waals surface area contributed by atoms with Crippen LogP contribution in [0.2, 0.25) is 0 Å². The number of quaternary nitrogens is 1. The Morgan fingerprint density at radius 1 is 1.50 bits per heavy atom. The molecule has 1 atom stereocenters. The fourth-order valence-electron chi connectivity index (χ4n) is 0.710. The molecule has 0 heterocycles. The van der Waals surface area contributed by atoms with Gasteiger partial charge in [0, 0.05) is 5.33 Å². The van der Waals surface area contributed by atoms with Crippen LogP contribution < -0.4 is 5.32 Å². The number of hydrogen-bond donors (Lipinski definition) is 1. The Bertz CT molecular complexity index is 68.6. The number of alkyl halides is 2. The molecule has 0 aliphatic rings. The summed E-state index contributed by atoms with van der Waals surface area (Å²) in [6.45, 7) is 4.68. The normalized spacial score (nSPS) is 13.5.